The zero-order valence-electron chi connectivity index (χ0n) is 18.3. The van der Waals surface area contributed by atoms with Gasteiger partial charge in [0.25, 0.3) is 5.91 Å². The van der Waals surface area contributed by atoms with Crippen LogP contribution in [0.5, 0.6) is 5.75 Å². The van der Waals surface area contributed by atoms with E-state index in [9.17, 15) is 4.79 Å². The first-order chi connectivity index (χ1) is 15.1. The van der Waals surface area contributed by atoms with E-state index in [4.69, 9.17) is 4.74 Å². The standard InChI is InChI=1S/C27H30N2O2/c1-21-13-15-24(16-14-21)26(23-9-5-3-6-10-23)28-17-19-29(20-18-28)27(30)22(2)31-25-11-7-4-8-12-25/h3-16,22,26H,17-20H2,1-2H3/t22-,26+/m0/s1. The number of piperazine rings is 1. The smallest absolute Gasteiger partial charge is 0.263 e. The number of hydrogen-bond acceptors (Lipinski definition) is 3. The van der Waals surface area contributed by atoms with Crippen molar-refractivity contribution in [3.05, 3.63) is 102 Å². The summed E-state index contributed by atoms with van der Waals surface area (Å²) in [5.41, 5.74) is 3.84. The summed E-state index contributed by atoms with van der Waals surface area (Å²) in [6.07, 6.45) is -0.490. The topological polar surface area (TPSA) is 32.8 Å². The largest absolute Gasteiger partial charge is 0.481 e. The summed E-state index contributed by atoms with van der Waals surface area (Å²) in [5.74, 6) is 0.778. The molecule has 0 bridgehead atoms. The molecule has 4 nitrogen and oxygen atoms in total. The number of amides is 1. The minimum atomic E-state index is -0.490. The second-order valence-electron chi connectivity index (χ2n) is 8.16. The van der Waals surface area contributed by atoms with Crippen LogP contribution in [0.15, 0.2) is 84.9 Å². The molecular weight excluding hydrogens is 384 g/mol. The average Bonchev–Trinajstić information content (AvgIpc) is 2.82. The molecule has 0 N–H and O–H groups in total. The van der Waals surface area contributed by atoms with E-state index in [-0.39, 0.29) is 11.9 Å². The highest BCUT2D eigenvalue weighted by molar-refractivity contribution is 5.81. The second kappa shape index (κ2) is 9.80. The van der Waals surface area contributed by atoms with Crippen molar-refractivity contribution in [1.29, 1.82) is 0 Å². The van der Waals surface area contributed by atoms with Crippen molar-refractivity contribution in [3.8, 4) is 5.75 Å². The number of aryl methyl sites for hydroxylation is 1. The summed E-state index contributed by atoms with van der Waals surface area (Å²) in [6, 6.07) is 29.2. The molecule has 1 aliphatic rings. The number of para-hydroxylation sites is 1. The highest BCUT2D eigenvalue weighted by atomic mass is 16.5. The lowest BCUT2D eigenvalue weighted by atomic mass is 9.95. The average molecular weight is 415 g/mol. The first-order valence-corrected chi connectivity index (χ1v) is 11.0. The van der Waals surface area contributed by atoms with Gasteiger partial charge in [0.05, 0.1) is 6.04 Å². The van der Waals surface area contributed by atoms with E-state index in [1.165, 1.54) is 16.7 Å². The Bertz CT molecular complexity index is 965. The van der Waals surface area contributed by atoms with Gasteiger partial charge < -0.3 is 9.64 Å². The molecule has 4 heteroatoms. The van der Waals surface area contributed by atoms with Crippen molar-refractivity contribution in [1.82, 2.24) is 9.80 Å². The van der Waals surface area contributed by atoms with Crippen molar-refractivity contribution in [3.63, 3.8) is 0 Å². The number of carbonyl (C=O) groups excluding carboxylic acids is 1. The molecule has 4 rings (SSSR count). The fourth-order valence-corrected chi connectivity index (χ4v) is 4.21. The molecule has 1 amide bonds. The molecule has 0 aliphatic carbocycles. The van der Waals surface area contributed by atoms with E-state index in [1.807, 2.05) is 42.2 Å². The molecule has 0 unspecified atom stereocenters. The van der Waals surface area contributed by atoms with Crippen LogP contribution in [0, 0.1) is 6.92 Å². The third-order valence-electron chi connectivity index (χ3n) is 5.90. The van der Waals surface area contributed by atoms with Gasteiger partial charge in [-0.3, -0.25) is 9.69 Å². The van der Waals surface area contributed by atoms with Crippen LogP contribution in [0.2, 0.25) is 0 Å². The van der Waals surface area contributed by atoms with Gasteiger partial charge in [0.15, 0.2) is 6.10 Å². The quantitative estimate of drug-likeness (QED) is 0.586. The maximum absolute atomic E-state index is 12.9. The normalized spacial score (nSPS) is 16.5. The number of nitrogens with zero attached hydrogens (tertiary/aromatic N) is 2. The van der Waals surface area contributed by atoms with E-state index in [0.717, 1.165) is 18.8 Å². The minimum Gasteiger partial charge on any atom is -0.481 e. The van der Waals surface area contributed by atoms with Gasteiger partial charge in [-0.05, 0) is 37.1 Å². The van der Waals surface area contributed by atoms with Gasteiger partial charge in [-0.2, -0.15) is 0 Å². The van der Waals surface area contributed by atoms with E-state index >= 15 is 0 Å². The molecule has 1 fully saturated rings. The lowest BCUT2D eigenvalue weighted by Crippen LogP contribution is -2.52. The summed E-state index contributed by atoms with van der Waals surface area (Å²) in [7, 11) is 0. The third kappa shape index (κ3) is 5.15. The lowest BCUT2D eigenvalue weighted by molar-refractivity contribution is -0.140. The molecule has 31 heavy (non-hydrogen) atoms. The lowest BCUT2D eigenvalue weighted by Gasteiger charge is -2.40. The highest BCUT2D eigenvalue weighted by Gasteiger charge is 2.30. The highest BCUT2D eigenvalue weighted by Crippen LogP contribution is 2.30. The number of carbonyl (C=O) groups is 1. The van der Waals surface area contributed by atoms with Gasteiger partial charge >= 0.3 is 0 Å². The first kappa shape index (κ1) is 21.1. The predicted octanol–water partition coefficient (Wildman–Crippen LogP) is 4.70. The Morgan fingerprint density at radius 3 is 1.94 bits per heavy atom. The number of hydrogen-bond donors (Lipinski definition) is 0. The zero-order valence-corrected chi connectivity index (χ0v) is 18.3. The monoisotopic (exact) mass is 414 g/mol. The maximum atomic E-state index is 12.9. The van der Waals surface area contributed by atoms with Crippen LogP contribution >= 0.6 is 0 Å². The molecule has 1 saturated heterocycles. The van der Waals surface area contributed by atoms with Crippen molar-refractivity contribution in [2.45, 2.75) is 26.0 Å². The van der Waals surface area contributed by atoms with Crippen molar-refractivity contribution in [2.24, 2.45) is 0 Å². The molecule has 160 valence electrons. The third-order valence-corrected chi connectivity index (χ3v) is 5.90. The Hall–Kier alpha value is -3.11. The van der Waals surface area contributed by atoms with Crippen molar-refractivity contribution in [2.75, 3.05) is 26.2 Å². The Kier molecular flexibility index (Phi) is 6.68. The van der Waals surface area contributed by atoms with Gasteiger partial charge in [-0.1, -0.05) is 78.4 Å². The van der Waals surface area contributed by atoms with Gasteiger partial charge in [-0.15, -0.1) is 0 Å². The summed E-state index contributed by atoms with van der Waals surface area (Å²) < 4.78 is 5.85. The Morgan fingerprint density at radius 1 is 0.774 bits per heavy atom. The SMILES string of the molecule is Cc1ccc([C@@H](c2ccccc2)N2CCN(C(=O)[C@H](C)Oc3ccccc3)CC2)cc1. The molecule has 0 aromatic heterocycles. The predicted molar refractivity (Wildman–Crippen MR) is 124 cm³/mol. The summed E-state index contributed by atoms with van der Waals surface area (Å²) in [6.45, 7) is 7.02. The Morgan fingerprint density at radius 2 is 1.32 bits per heavy atom. The summed E-state index contributed by atoms with van der Waals surface area (Å²) in [5, 5.41) is 0. The van der Waals surface area contributed by atoms with E-state index < -0.39 is 6.10 Å². The Labute approximate surface area is 185 Å². The van der Waals surface area contributed by atoms with Crippen LogP contribution in [0.25, 0.3) is 0 Å². The second-order valence-corrected chi connectivity index (χ2v) is 8.16. The maximum Gasteiger partial charge on any atom is 0.263 e. The number of benzene rings is 3. The van der Waals surface area contributed by atoms with Crippen LogP contribution in [-0.2, 0) is 4.79 Å². The van der Waals surface area contributed by atoms with Gasteiger partial charge in [0.2, 0.25) is 0 Å². The fraction of sp³-hybridized carbons (Fsp3) is 0.296. The van der Waals surface area contributed by atoms with E-state index in [2.05, 4.69) is 66.4 Å². The van der Waals surface area contributed by atoms with Crippen LogP contribution in [0.3, 0.4) is 0 Å². The molecule has 0 saturated carbocycles. The van der Waals surface area contributed by atoms with Gasteiger partial charge in [-0.25, -0.2) is 0 Å². The molecule has 3 aromatic carbocycles. The van der Waals surface area contributed by atoms with Gasteiger partial charge in [0, 0.05) is 26.2 Å². The molecule has 3 aromatic rings. The Balaban J connectivity index is 1.44. The number of rotatable bonds is 6. The van der Waals surface area contributed by atoms with E-state index in [1.54, 1.807) is 0 Å². The molecular formula is C27H30N2O2. The number of ether oxygens (including phenoxy) is 1. The van der Waals surface area contributed by atoms with Crippen LogP contribution in [0.1, 0.15) is 29.7 Å². The summed E-state index contributed by atoms with van der Waals surface area (Å²) >= 11 is 0. The van der Waals surface area contributed by atoms with Crippen LogP contribution < -0.4 is 4.74 Å². The van der Waals surface area contributed by atoms with Crippen LogP contribution in [0.4, 0.5) is 0 Å². The molecule has 0 radical (unpaired) electrons. The molecule has 1 aliphatic heterocycles. The van der Waals surface area contributed by atoms with Crippen LogP contribution in [-0.4, -0.2) is 48.0 Å². The van der Waals surface area contributed by atoms with Crippen molar-refractivity contribution >= 4 is 5.91 Å². The zero-order chi connectivity index (χ0) is 21.6. The summed E-state index contributed by atoms with van der Waals surface area (Å²) in [4.78, 5) is 17.3. The molecule has 2 atom stereocenters. The fourth-order valence-electron chi connectivity index (χ4n) is 4.21. The van der Waals surface area contributed by atoms with Crippen molar-refractivity contribution < 1.29 is 9.53 Å². The molecule has 0 spiro atoms. The van der Waals surface area contributed by atoms with Gasteiger partial charge in [0.1, 0.15) is 5.75 Å². The first-order valence-electron chi connectivity index (χ1n) is 11.0. The molecule has 1 heterocycles. The van der Waals surface area contributed by atoms with E-state index in [0.29, 0.717) is 13.1 Å². The minimum absolute atomic E-state index is 0.0510.